The average molecular weight is 559 g/mol. The van der Waals surface area contributed by atoms with Crippen molar-refractivity contribution in [3.05, 3.63) is 74.7 Å². The lowest BCUT2D eigenvalue weighted by Gasteiger charge is -2.37. The van der Waals surface area contributed by atoms with Crippen molar-refractivity contribution >= 4 is 17.4 Å². The number of ether oxygens (including phenoxy) is 1. The van der Waals surface area contributed by atoms with E-state index in [-0.39, 0.29) is 18.0 Å². The van der Waals surface area contributed by atoms with E-state index in [4.69, 9.17) is 9.72 Å². The third kappa shape index (κ3) is 6.47. The molecule has 0 aliphatic carbocycles. The summed E-state index contributed by atoms with van der Waals surface area (Å²) in [5, 5.41) is 6.43. The van der Waals surface area contributed by atoms with Crippen molar-refractivity contribution < 1.29 is 9.53 Å². The minimum atomic E-state index is -0.203. The largest absolute Gasteiger partial charge is 0.381 e. The molecule has 9 nitrogen and oxygen atoms in total. The predicted octanol–water partition coefficient (Wildman–Crippen LogP) is 3.71. The van der Waals surface area contributed by atoms with Gasteiger partial charge in [-0.1, -0.05) is 6.07 Å². The molecule has 2 aromatic heterocycles. The number of carbonyl (C=O) groups excluding carboxylic acids is 1. The number of nitrogens with zero attached hydrogens (tertiary/aromatic N) is 3. The topological polar surface area (TPSA) is 103 Å². The zero-order chi connectivity index (χ0) is 28.9. The Morgan fingerprint density at radius 2 is 1.88 bits per heavy atom. The molecular formula is C32H42N6O3. The summed E-state index contributed by atoms with van der Waals surface area (Å²) in [6, 6.07) is 12.5. The first-order valence-electron chi connectivity index (χ1n) is 14.8. The SMILES string of the molecule is CCN(c1cc(-c2cccc(N3CCNCC3)n2)cc(C(=O)NCc2c(C)cc(C)[nH]c2=O)c1C)C1CCOCC1. The van der Waals surface area contributed by atoms with Gasteiger partial charge in [-0.2, -0.15) is 0 Å². The molecule has 0 saturated carbocycles. The van der Waals surface area contributed by atoms with Crippen molar-refractivity contribution in [2.45, 2.75) is 53.1 Å². The fraction of sp³-hybridized carbons (Fsp3) is 0.469. The monoisotopic (exact) mass is 558 g/mol. The number of rotatable bonds is 8. The van der Waals surface area contributed by atoms with E-state index in [1.165, 1.54) is 0 Å². The number of amides is 1. The molecule has 0 atom stereocenters. The molecule has 1 aromatic carbocycles. The third-order valence-corrected chi connectivity index (χ3v) is 8.30. The van der Waals surface area contributed by atoms with Crippen LogP contribution in [0.2, 0.25) is 0 Å². The summed E-state index contributed by atoms with van der Waals surface area (Å²) >= 11 is 0. The number of aromatic nitrogens is 2. The van der Waals surface area contributed by atoms with E-state index in [0.717, 1.165) is 98.4 Å². The van der Waals surface area contributed by atoms with Crippen LogP contribution < -0.4 is 26.0 Å². The number of hydrogen-bond donors (Lipinski definition) is 3. The molecule has 9 heteroatoms. The standard InChI is InChI=1S/C32H42N6O3/c1-5-38(25-9-15-41-16-10-25)29-19-24(28-7-6-8-30(36-28)37-13-11-33-12-14-37)18-26(23(29)4)31(39)34-20-27-21(2)17-22(3)35-32(27)40/h6-8,17-19,25,33H,5,9-16,20H2,1-4H3,(H,34,39)(H,35,40). The maximum absolute atomic E-state index is 13.8. The van der Waals surface area contributed by atoms with Crippen LogP contribution in [0.25, 0.3) is 11.3 Å². The van der Waals surface area contributed by atoms with Crippen LogP contribution in [0.5, 0.6) is 0 Å². The highest BCUT2D eigenvalue weighted by molar-refractivity contribution is 5.98. The summed E-state index contributed by atoms with van der Waals surface area (Å²) in [5.41, 5.74) is 6.38. The van der Waals surface area contributed by atoms with Crippen LogP contribution in [-0.4, -0.2) is 67.9 Å². The number of benzene rings is 1. The molecule has 1 amide bonds. The first-order chi connectivity index (χ1) is 19.9. The maximum Gasteiger partial charge on any atom is 0.253 e. The van der Waals surface area contributed by atoms with E-state index < -0.39 is 0 Å². The van der Waals surface area contributed by atoms with Gasteiger partial charge in [0.25, 0.3) is 11.5 Å². The Labute approximate surface area is 242 Å². The van der Waals surface area contributed by atoms with Gasteiger partial charge in [-0.05, 0) is 82.0 Å². The van der Waals surface area contributed by atoms with E-state index in [1.54, 1.807) is 0 Å². The normalized spacial score (nSPS) is 16.0. The number of H-pyrrole nitrogens is 1. The van der Waals surface area contributed by atoms with Gasteiger partial charge in [0.15, 0.2) is 0 Å². The number of nitrogens with one attached hydrogen (secondary N) is 3. The molecule has 2 aliphatic heterocycles. The fourth-order valence-corrected chi connectivity index (χ4v) is 6.02. The van der Waals surface area contributed by atoms with Gasteiger partial charge in [0.2, 0.25) is 0 Å². The Morgan fingerprint density at radius 3 is 2.59 bits per heavy atom. The lowest BCUT2D eigenvalue weighted by atomic mass is 9.96. The first kappa shape index (κ1) is 28.8. The second-order valence-electron chi connectivity index (χ2n) is 11.0. The van der Waals surface area contributed by atoms with Crippen LogP contribution in [0.1, 0.15) is 52.5 Å². The minimum absolute atomic E-state index is 0.160. The summed E-state index contributed by atoms with van der Waals surface area (Å²) in [5.74, 6) is 0.745. The summed E-state index contributed by atoms with van der Waals surface area (Å²) in [7, 11) is 0. The molecule has 2 aliphatic rings. The molecule has 3 aromatic rings. The summed E-state index contributed by atoms with van der Waals surface area (Å²) in [6.45, 7) is 14.1. The second-order valence-corrected chi connectivity index (χ2v) is 11.0. The molecular weight excluding hydrogens is 516 g/mol. The molecule has 0 unspecified atom stereocenters. The van der Waals surface area contributed by atoms with Gasteiger partial charge in [0.05, 0.1) is 5.69 Å². The van der Waals surface area contributed by atoms with E-state index >= 15 is 0 Å². The van der Waals surface area contributed by atoms with Gasteiger partial charge < -0.3 is 30.2 Å². The zero-order valence-electron chi connectivity index (χ0n) is 24.7. The van der Waals surface area contributed by atoms with E-state index in [9.17, 15) is 9.59 Å². The molecule has 2 fully saturated rings. The van der Waals surface area contributed by atoms with E-state index in [1.807, 2.05) is 45.0 Å². The lowest BCUT2D eigenvalue weighted by Crippen LogP contribution is -2.43. The summed E-state index contributed by atoms with van der Waals surface area (Å²) < 4.78 is 5.65. The van der Waals surface area contributed by atoms with Gasteiger partial charge in [-0.3, -0.25) is 9.59 Å². The predicted molar refractivity (Wildman–Crippen MR) is 164 cm³/mol. The summed E-state index contributed by atoms with van der Waals surface area (Å²) in [6.07, 6.45) is 1.90. The number of carbonyl (C=O) groups is 1. The van der Waals surface area contributed by atoms with E-state index in [0.29, 0.717) is 17.2 Å². The van der Waals surface area contributed by atoms with E-state index in [2.05, 4.69) is 44.5 Å². The van der Waals surface area contributed by atoms with Gasteiger partial charge in [-0.15, -0.1) is 0 Å². The van der Waals surface area contributed by atoms with Crippen LogP contribution in [0.4, 0.5) is 11.5 Å². The van der Waals surface area contributed by atoms with Gasteiger partial charge in [0.1, 0.15) is 5.82 Å². The van der Waals surface area contributed by atoms with Crippen LogP contribution in [0, 0.1) is 20.8 Å². The van der Waals surface area contributed by atoms with Gasteiger partial charge in [-0.25, -0.2) is 4.98 Å². The van der Waals surface area contributed by atoms with Crippen molar-refractivity contribution in [2.24, 2.45) is 0 Å². The van der Waals surface area contributed by atoms with Gasteiger partial charge in [0, 0.05) is 86.6 Å². The van der Waals surface area contributed by atoms with Crippen LogP contribution >= 0.6 is 0 Å². The molecule has 4 heterocycles. The quantitative estimate of drug-likeness (QED) is 0.387. The van der Waals surface area contributed by atoms with Crippen LogP contribution in [-0.2, 0) is 11.3 Å². The highest BCUT2D eigenvalue weighted by Crippen LogP contribution is 2.34. The van der Waals surface area contributed by atoms with Crippen molar-refractivity contribution in [3.63, 3.8) is 0 Å². The molecule has 0 radical (unpaired) electrons. The highest BCUT2D eigenvalue weighted by atomic mass is 16.5. The van der Waals surface area contributed by atoms with Crippen molar-refractivity contribution in [3.8, 4) is 11.3 Å². The Kier molecular flexibility index (Phi) is 9.05. The van der Waals surface area contributed by atoms with Gasteiger partial charge >= 0.3 is 0 Å². The highest BCUT2D eigenvalue weighted by Gasteiger charge is 2.25. The number of aryl methyl sites for hydroxylation is 2. The number of piperazine rings is 1. The number of pyridine rings is 2. The van der Waals surface area contributed by atoms with Crippen molar-refractivity contribution in [1.29, 1.82) is 0 Å². The number of anilines is 2. The number of aromatic amines is 1. The second kappa shape index (κ2) is 12.9. The fourth-order valence-electron chi connectivity index (χ4n) is 6.02. The molecule has 0 spiro atoms. The Hall–Kier alpha value is -3.69. The Bertz CT molecular complexity index is 1440. The van der Waals surface area contributed by atoms with Crippen LogP contribution in [0.3, 0.4) is 0 Å². The molecule has 3 N–H and O–H groups in total. The van der Waals surface area contributed by atoms with Crippen LogP contribution in [0.15, 0.2) is 41.2 Å². The smallest absolute Gasteiger partial charge is 0.253 e. The summed E-state index contributed by atoms with van der Waals surface area (Å²) in [4.78, 5) is 39.0. The maximum atomic E-state index is 13.8. The first-order valence-corrected chi connectivity index (χ1v) is 14.8. The average Bonchev–Trinajstić information content (AvgIpc) is 2.99. The number of hydrogen-bond acceptors (Lipinski definition) is 7. The Morgan fingerprint density at radius 1 is 1.12 bits per heavy atom. The van der Waals surface area contributed by atoms with Crippen molar-refractivity contribution in [2.75, 3.05) is 55.7 Å². The molecule has 5 rings (SSSR count). The zero-order valence-corrected chi connectivity index (χ0v) is 24.7. The molecule has 41 heavy (non-hydrogen) atoms. The Balaban J connectivity index is 1.53. The third-order valence-electron chi connectivity index (χ3n) is 8.30. The molecule has 2 saturated heterocycles. The van der Waals surface area contributed by atoms with Crippen molar-refractivity contribution in [1.82, 2.24) is 20.6 Å². The minimum Gasteiger partial charge on any atom is -0.381 e. The lowest BCUT2D eigenvalue weighted by molar-refractivity contribution is 0.0846. The molecule has 0 bridgehead atoms. The molecule has 218 valence electrons.